The molecule has 1 atom stereocenters. The van der Waals surface area contributed by atoms with E-state index in [-0.39, 0.29) is 17.8 Å². The quantitative estimate of drug-likeness (QED) is 0.623. The molecule has 0 saturated heterocycles. The van der Waals surface area contributed by atoms with Crippen LogP contribution in [0.4, 0.5) is 0 Å². The molecule has 0 fully saturated rings. The van der Waals surface area contributed by atoms with Crippen molar-refractivity contribution in [3.8, 4) is 0 Å². The molecule has 2 aromatic rings. The Morgan fingerprint density at radius 1 is 1.12 bits per heavy atom. The first kappa shape index (κ1) is 17.4. The van der Waals surface area contributed by atoms with E-state index in [0.717, 1.165) is 10.8 Å². The number of ketones is 1. The van der Waals surface area contributed by atoms with Gasteiger partial charge >= 0.3 is 11.9 Å². The summed E-state index contributed by atoms with van der Waals surface area (Å²) in [5, 5.41) is 10.5. The second-order valence-electron chi connectivity index (χ2n) is 5.35. The number of carboxylic acids is 1. The smallest absolute Gasteiger partial charge is 0.335 e. The average Bonchev–Trinajstić information content (AvgIpc) is 2.57. The van der Waals surface area contributed by atoms with Crippen molar-refractivity contribution in [3.05, 3.63) is 60.2 Å². The van der Waals surface area contributed by atoms with E-state index >= 15 is 0 Å². The van der Waals surface area contributed by atoms with Crippen molar-refractivity contribution in [2.45, 2.75) is 25.9 Å². The fraction of sp³-hybridized carbons (Fsp3) is 0.211. The van der Waals surface area contributed by atoms with Gasteiger partial charge in [0.25, 0.3) is 0 Å². The maximum absolute atomic E-state index is 12.3. The number of carbonyl (C=O) groups is 3. The summed E-state index contributed by atoms with van der Waals surface area (Å²) in [5.41, 5.74) is 0.382. The number of hydrogen-bond donors (Lipinski definition) is 1. The molecule has 2 aromatic carbocycles. The maximum atomic E-state index is 12.3. The number of carboxylic acid groups (broad SMARTS) is 1. The minimum absolute atomic E-state index is 0.187. The zero-order valence-corrected chi connectivity index (χ0v) is 13.3. The number of Topliss-reactive ketones (excluding diaryl/α,β-unsaturated/α-hetero) is 1. The Labute approximate surface area is 139 Å². The lowest BCUT2D eigenvalue weighted by atomic mass is 9.97. The van der Waals surface area contributed by atoms with Crippen molar-refractivity contribution in [2.75, 3.05) is 0 Å². The third-order valence-corrected chi connectivity index (χ3v) is 3.62. The van der Waals surface area contributed by atoms with Crippen LogP contribution in [0.5, 0.6) is 0 Å². The molecule has 0 bridgehead atoms. The summed E-state index contributed by atoms with van der Waals surface area (Å²) in [6, 6.07) is 12.9. The van der Waals surface area contributed by atoms with Crippen LogP contribution in [-0.4, -0.2) is 22.8 Å². The van der Waals surface area contributed by atoms with Gasteiger partial charge in [-0.3, -0.25) is 9.59 Å². The van der Waals surface area contributed by atoms with Gasteiger partial charge in [-0.05, 0) is 10.8 Å². The summed E-state index contributed by atoms with van der Waals surface area (Å²) in [6.07, 6.45) is -1.42. The van der Waals surface area contributed by atoms with E-state index in [2.05, 4.69) is 6.58 Å². The van der Waals surface area contributed by atoms with Crippen LogP contribution in [-0.2, 0) is 19.1 Å². The van der Waals surface area contributed by atoms with Gasteiger partial charge in [0, 0.05) is 17.6 Å². The third kappa shape index (κ3) is 3.87. The summed E-state index contributed by atoms with van der Waals surface area (Å²) in [7, 11) is 0. The SMILES string of the molecule is C=C(CC(=O)O)C(=O)OC(C(=O)CC)c1cccc2ccccc12. The topological polar surface area (TPSA) is 80.7 Å². The standard InChI is InChI=1S/C19H18O5/c1-3-16(20)18(24-19(23)12(2)11-17(21)22)15-10-6-8-13-7-4-5-9-14(13)15/h4-10,18H,2-3,11H2,1H3,(H,21,22). The molecule has 0 radical (unpaired) electrons. The van der Waals surface area contributed by atoms with Gasteiger partial charge in [0.15, 0.2) is 11.9 Å². The van der Waals surface area contributed by atoms with Crippen LogP contribution in [0.2, 0.25) is 0 Å². The van der Waals surface area contributed by atoms with E-state index in [1.807, 2.05) is 30.3 Å². The molecule has 24 heavy (non-hydrogen) atoms. The maximum Gasteiger partial charge on any atom is 0.335 e. The van der Waals surface area contributed by atoms with E-state index < -0.39 is 24.5 Å². The minimum atomic E-state index is -1.18. The minimum Gasteiger partial charge on any atom is -0.481 e. The number of hydrogen-bond acceptors (Lipinski definition) is 4. The number of esters is 1. The lowest BCUT2D eigenvalue weighted by molar-refractivity contribution is -0.152. The van der Waals surface area contributed by atoms with Gasteiger partial charge < -0.3 is 9.84 Å². The molecule has 0 amide bonds. The highest BCUT2D eigenvalue weighted by atomic mass is 16.5. The van der Waals surface area contributed by atoms with Gasteiger partial charge in [-0.1, -0.05) is 56.0 Å². The average molecular weight is 326 g/mol. The Hall–Kier alpha value is -2.95. The molecule has 2 rings (SSSR count). The molecule has 1 unspecified atom stereocenters. The molecular formula is C19H18O5. The molecule has 1 N–H and O–H groups in total. The Morgan fingerprint density at radius 3 is 2.46 bits per heavy atom. The van der Waals surface area contributed by atoms with Gasteiger partial charge in [0.05, 0.1) is 6.42 Å². The lowest BCUT2D eigenvalue weighted by Crippen LogP contribution is -2.21. The molecule has 5 heteroatoms. The first-order chi connectivity index (χ1) is 11.4. The molecule has 0 saturated carbocycles. The van der Waals surface area contributed by atoms with Crippen LogP contribution in [0.25, 0.3) is 10.8 Å². The first-order valence-corrected chi connectivity index (χ1v) is 7.55. The first-order valence-electron chi connectivity index (χ1n) is 7.55. The van der Waals surface area contributed by atoms with Crippen LogP contribution in [0, 0.1) is 0 Å². The molecule has 0 aliphatic carbocycles. The lowest BCUT2D eigenvalue weighted by Gasteiger charge is -2.19. The van der Waals surface area contributed by atoms with Crippen molar-refractivity contribution >= 4 is 28.5 Å². The Kier molecular flexibility index (Phi) is 5.47. The summed E-state index contributed by atoms with van der Waals surface area (Å²) >= 11 is 0. The number of rotatable bonds is 7. The molecule has 0 heterocycles. The van der Waals surface area contributed by atoms with Crippen LogP contribution in [0.15, 0.2) is 54.6 Å². The highest BCUT2D eigenvalue weighted by Gasteiger charge is 2.26. The second-order valence-corrected chi connectivity index (χ2v) is 5.35. The fourth-order valence-electron chi connectivity index (χ4n) is 2.41. The predicted octanol–water partition coefficient (Wildman–Crippen LogP) is 3.43. The van der Waals surface area contributed by atoms with Crippen molar-refractivity contribution < 1.29 is 24.2 Å². The monoisotopic (exact) mass is 326 g/mol. The largest absolute Gasteiger partial charge is 0.481 e. The van der Waals surface area contributed by atoms with Gasteiger partial charge in [-0.15, -0.1) is 0 Å². The number of aliphatic carboxylic acids is 1. The normalized spacial score (nSPS) is 11.7. The van der Waals surface area contributed by atoms with Crippen molar-refractivity contribution in [1.82, 2.24) is 0 Å². The van der Waals surface area contributed by atoms with Gasteiger partial charge in [0.2, 0.25) is 0 Å². The summed E-state index contributed by atoms with van der Waals surface area (Å²) in [5.74, 6) is -2.32. The predicted molar refractivity (Wildman–Crippen MR) is 89.5 cm³/mol. The molecule has 124 valence electrons. The summed E-state index contributed by atoms with van der Waals surface area (Å²) < 4.78 is 5.31. The zero-order valence-electron chi connectivity index (χ0n) is 13.3. The molecule has 0 aromatic heterocycles. The van der Waals surface area contributed by atoms with Crippen LogP contribution < -0.4 is 0 Å². The number of ether oxygens (including phenoxy) is 1. The van der Waals surface area contributed by atoms with E-state index in [9.17, 15) is 14.4 Å². The van der Waals surface area contributed by atoms with Crippen molar-refractivity contribution in [1.29, 1.82) is 0 Å². The van der Waals surface area contributed by atoms with Gasteiger partial charge in [0.1, 0.15) is 0 Å². The summed E-state index contributed by atoms with van der Waals surface area (Å²) in [4.78, 5) is 35.1. The van der Waals surface area contributed by atoms with Gasteiger partial charge in [-0.25, -0.2) is 4.79 Å². The third-order valence-electron chi connectivity index (χ3n) is 3.62. The molecule has 0 spiro atoms. The highest BCUT2D eigenvalue weighted by molar-refractivity contribution is 5.97. The zero-order chi connectivity index (χ0) is 17.7. The van der Waals surface area contributed by atoms with E-state index in [4.69, 9.17) is 9.84 Å². The Balaban J connectivity index is 2.38. The van der Waals surface area contributed by atoms with Crippen molar-refractivity contribution in [3.63, 3.8) is 0 Å². The Bertz CT molecular complexity index is 801. The van der Waals surface area contributed by atoms with E-state index in [1.54, 1.807) is 19.1 Å². The molecular weight excluding hydrogens is 308 g/mol. The molecule has 0 aliphatic heterocycles. The molecule has 5 nitrogen and oxygen atoms in total. The van der Waals surface area contributed by atoms with Crippen LogP contribution in [0.3, 0.4) is 0 Å². The molecule has 0 aliphatic rings. The van der Waals surface area contributed by atoms with E-state index in [0.29, 0.717) is 5.56 Å². The summed E-state index contributed by atoms with van der Waals surface area (Å²) in [6.45, 7) is 5.10. The fourth-order valence-corrected chi connectivity index (χ4v) is 2.41. The van der Waals surface area contributed by atoms with Crippen molar-refractivity contribution in [2.24, 2.45) is 0 Å². The highest BCUT2D eigenvalue weighted by Crippen LogP contribution is 2.29. The van der Waals surface area contributed by atoms with Crippen LogP contribution in [0.1, 0.15) is 31.4 Å². The number of fused-ring (bicyclic) bond motifs is 1. The number of carbonyl (C=O) groups excluding carboxylic acids is 2. The Morgan fingerprint density at radius 2 is 1.79 bits per heavy atom. The number of benzene rings is 2. The second kappa shape index (κ2) is 7.55. The van der Waals surface area contributed by atoms with Gasteiger partial charge in [-0.2, -0.15) is 0 Å². The van der Waals surface area contributed by atoms with Crippen LogP contribution >= 0.6 is 0 Å². The van der Waals surface area contributed by atoms with E-state index in [1.165, 1.54) is 0 Å².